The normalized spacial score (nSPS) is 34.9. The average molecular weight is 227 g/mol. The first-order valence-electron chi connectivity index (χ1n) is 5.08. The predicted molar refractivity (Wildman–Crippen MR) is 52.0 cm³/mol. The molecule has 0 unspecified atom stereocenters. The molecule has 0 saturated carbocycles. The van der Waals surface area contributed by atoms with Crippen LogP contribution in [-0.4, -0.2) is 51.8 Å². The van der Waals surface area contributed by atoms with Crippen molar-refractivity contribution in [1.29, 1.82) is 0 Å². The molecule has 88 valence electrons. The molecule has 2 rings (SSSR count). The molecule has 1 saturated heterocycles. The Bertz CT molecular complexity index is 340. The van der Waals surface area contributed by atoms with Gasteiger partial charge >= 0.3 is 0 Å². The van der Waals surface area contributed by atoms with E-state index in [1.165, 1.54) is 17.2 Å². The lowest BCUT2D eigenvalue weighted by atomic mass is 10.1. The monoisotopic (exact) mass is 227 g/mol. The number of rotatable bonds is 2. The van der Waals surface area contributed by atoms with Gasteiger partial charge in [0.05, 0.1) is 19.1 Å². The van der Waals surface area contributed by atoms with Gasteiger partial charge in [0.1, 0.15) is 12.3 Å². The van der Waals surface area contributed by atoms with Crippen molar-refractivity contribution in [3.05, 3.63) is 12.3 Å². The molecule has 1 amide bonds. The molecule has 16 heavy (non-hydrogen) atoms. The van der Waals surface area contributed by atoms with E-state index in [0.29, 0.717) is 0 Å². The van der Waals surface area contributed by atoms with Crippen molar-refractivity contribution in [2.45, 2.75) is 31.3 Å². The molecule has 6 heteroatoms. The van der Waals surface area contributed by atoms with Crippen LogP contribution in [0, 0.1) is 0 Å². The van der Waals surface area contributed by atoms with Gasteiger partial charge in [0.15, 0.2) is 5.78 Å². The van der Waals surface area contributed by atoms with Crippen LogP contribution in [0.1, 0.15) is 12.8 Å². The van der Waals surface area contributed by atoms with Crippen LogP contribution in [0.3, 0.4) is 0 Å². The van der Waals surface area contributed by atoms with Gasteiger partial charge in [0, 0.05) is 12.6 Å². The van der Waals surface area contributed by atoms with Crippen LogP contribution in [0.5, 0.6) is 0 Å². The summed E-state index contributed by atoms with van der Waals surface area (Å²) in [7, 11) is 0. The predicted octanol–water partition coefficient (Wildman–Crippen LogP) is -1.23. The molecule has 2 N–H and O–H groups in total. The maximum atomic E-state index is 11.5. The summed E-state index contributed by atoms with van der Waals surface area (Å²) in [6.07, 6.45) is 0.710. The molecule has 0 radical (unpaired) electrons. The van der Waals surface area contributed by atoms with Crippen molar-refractivity contribution in [1.82, 2.24) is 4.90 Å². The number of ketones is 1. The zero-order valence-corrected chi connectivity index (χ0v) is 8.57. The molecule has 0 aromatic heterocycles. The number of aliphatic hydroxyl groups is 2. The van der Waals surface area contributed by atoms with Gasteiger partial charge in [-0.25, -0.2) is 0 Å². The van der Waals surface area contributed by atoms with E-state index >= 15 is 0 Å². The number of carbonyl (C=O) groups is 2. The van der Waals surface area contributed by atoms with Gasteiger partial charge in [0.25, 0.3) is 0 Å². The lowest BCUT2D eigenvalue weighted by molar-refractivity contribution is -0.144. The highest BCUT2D eigenvalue weighted by Gasteiger charge is 2.38. The number of hydrogen-bond donors (Lipinski definition) is 2. The van der Waals surface area contributed by atoms with Crippen molar-refractivity contribution in [2.75, 3.05) is 6.61 Å². The van der Waals surface area contributed by atoms with E-state index in [2.05, 4.69) is 0 Å². The Kier molecular flexibility index (Phi) is 3.04. The Balaban J connectivity index is 2.07. The lowest BCUT2D eigenvalue weighted by Crippen LogP contribution is -2.39. The molecule has 3 atom stereocenters. The topological polar surface area (TPSA) is 87.1 Å². The molecular weight excluding hydrogens is 214 g/mol. The molecule has 0 aromatic rings. The second kappa shape index (κ2) is 4.32. The average Bonchev–Trinajstić information content (AvgIpc) is 2.59. The summed E-state index contributed by atoms with van der Waals surface area (Å²) in [6, 6.07) is 0. The second-order valence-corrected chi connectivity index (χ2v) is 3.87. The maximum absolute atomic E-state index is 11.5. The fourth-order valence-electron chi connectivity index (χ4n) is 1.85. The fraction of sp³-hybridized carbons (Fsp3) is 0.600. The Morgan fingerprint density at radius 3 is 2.81 bits per heavy atom. The number of hydrogen-bond acceptors (Lipinski definition) is 5. The van der Waals surface area contributed by atoms with Crippen LogP contribution in [0.15, 0.2) is 12.3 Å². The summed E-state index contributed by atoms with van der Waals surface area (Å²) in [5.41, 5.74) is 0. The van der Waals surface area contributed by atoms with Crippen molar-refractivity contribution < 1.29 is 24.5 Å². The minimum absolute atomic E-state index is 0.170. The summed E-state index contributed by atoms with van der Waals surface area (Å²) >= 11 is 0. The molecule has 1 fully saturated rings. The van der Waals surface area contributed by atoms with Crippen molar-refractivity contribution in [3.8, 4) is 0 Å². The number of carbonyl (C=O) groups excluding carboxylic acids is 2. The van der Waals surface area contributed by atoms with Crippen LogP contribution in [-0.2, 0) is 14.3 Å². The molecule has 2 heterocycles. The minimum atomic E-state index is -0.783. The molecule has 2 aliphatic rings. The zero-order valence-electron chi connectivity index (χ0n) is 8.57. The highest BCUT2D eigenvalue weighted by atomic mass is 16.5. The summed E-state index contributed by atoms with van der Waals surface area (Å²) in [5.74, 6) is -0.582. The lowest BCUT2D eigenvalue weighted by Gasteiger charge is -2.26. The van der Waals surface area contributed by atoms with Gasteiger partial charge in [-0.15, -0.1) is 0 Å². The second-order valence-electron chi connectivity index (χ2n) is 3.87. The molecule has 2 aliphatic heterocycles. The molecule has 0 aromatic carbocycles. The Hall–Kier alpha value is -1.24. The smallest absolute Gasteiger partial charge is 0.236 e. The van der Waals surface area contributed by atoms with Crippen LogP contribution in [0.25, 0.3) is 0 Å². The number of nitrogens with zero attached hydrogens (tertiary/aromatic N) is 1. The van der Waals surface area contributed by atoms with E-state index in [4.69, 9.17) is 9.84 Å². The highest BCUT2D eigenvalue weighted by molar-refractivity contribution is 6.06. The SMILES string of the molecule is O=C1C=CN([C@H]2C[C@H](O)[C@@H](CO)O2)C(=O)C1. The Labute approximate surface area is 92.1 Å². The van der Waals surface area contributed by atoms with Gasteiger partial charge in [-0.2, -0.15) is 0 Å². The minimum Gasteiger partial charge on any atom is -0.394 e. The van der Waals surface area contributed by atoms with Gasteiger partial charge in [-0.05, 0) is 6.08 Å². The third-order valence-electron chi connectivity index (χ3n) is 2.73. The van der Waals surface area contributed by atoms with Crippen molar-refractivity contribution >= 4 is 11.7 Å². The van der Waals surface area contributed by atoms with E-state index in [-0.39, 0.29) is 31.1 Å². The van der Waals surface area contributed by atoms with E-state index in [9.17, 15) is 14.7 Å². The molecule has 0 bridgehead atoms. The van der Waals surface area contributed by atoms with E-state index in [1.807, 2.05) is 0 Å². The largest absolute Gasteiger partial charge is 0.394 e. The van der Waals surface area contributed by atoms with Crippen molar-refractivity contribution in [3.63, 3.8) is 0 Å². The summed E-state index contributed by atoms with van der Waals surface area (Å²) in [5, 5.41) is 18.4. The summed E-state index contributed by atoms with van der Waals surface area (Å²) in [6.45, 7) is -0.289. The van der Waals surface area contributed by atoms with Crippen molar-refractivity contribution in [2.24, 2.45) is 0 Å². The van der Waals surface area contributed by atoms with Gasteiger partial charge < -0.3 is 14.9 Å². The molecule has 6 nitrogen and oxygen atoms in total. The fourth-order valence-corrected chi connectivity index (χ4v) is 1.85. The Morgan fingerprint density at radius 2 is 2.25 bits per heavy atom. The number of amides is 1. The maximum Gasteiger partial charge on any atom is 0.236 e. The quantitative estimate of drug-likeness (QED) is 0.577. The number of ether oxygens (including phenoxy) is 1. The summed E-state index contributed by atoms with van der Waals surface area (Å²) < 4.78 is 5.31. The third kappa shape index (κ3) is 1.99. The molecular formula is C10H13NO5. The van der Waals surface area contributed by atoms with Crippen LogP contribution in [0.2, 0.25) is 0 Å². The standard InChI is InChI=1S/C10H13NO5/c12-5-8-7(14)4-10(16-8)11-2-1-6(13)3-9(11)15/h1-2,7-8,10,12,14H,3-5H2/t7-,8+,10+/m0/s1. The first-order valence-corrected chi connectivity index (χ1v) is 5.08. The number of aliphatic hydroxyl groups excluding tert-OH is 2. The van der Waals surface area contributed by atoms with E-state index in [0.717, 1.165) is 0 Å². The number of allylic oxidation sites excluding steroid dienone is 1. The first-order chi connectivity index (χ1) is 7.61. The van der Waals surface area contributed by atoms with Crippen LogP contribution in [0.4, 0.5) is 0 Å². The van der Waals surface area contributed by atoms with Crippen LogP contribution < -0.4 is 0 Å². The highest BCUT2D eigenvalue weighted by Crippen LogP contribution is 2.25. The van der Waals surface area contributed by atoms with E-state index in [1.54, 1.807) is 0 Å². The Morgan fingerprint density at radius 1 is 1.50 bits per heavy atom. The third-order valence-corrected chi connectivity index (χ3v) is 2.73. The first kappa shape index (κ1) is 11.3. The molecule has 0 aliphatic carbocycles. The van der Waals surface area contributed by atoms with Crippen LogP contribution >= 0.6 is 0 Å². The van der Waals surface area contributed by atoms with Gasteiger partial charge in [-0.3, -0.25) is 14.5 Å². The summed E-state index contributed by atoms with van der Waals surface area (Å²) in [4.78, 5) is 23.8. The molecule has 0 spiro atoms. The van der Waals surface area contributed by atoms with Gasteiger partial charge in [0.2, 0.25) is 5.91 Å². The van der Waals surface area contributed by atoms with E-state index < -0.39 is 18.4 Å². The van der Waals surface area contributed by atoms with Gasteiger partial charge in [-0.1, -0.05) is 0 Å². The zero-order chi connectivity index (χ0) is 11.7.